The third-order valence-corrected chi connectivity index (χ3v) is 6.13. The zero-order valence-corrected chi connectivity index (χ0v) is 18.3. The van der Waals surface area contributed by atoms with Crippen LogP contribution in [0, 0.1) is 0 Å². The Labute approximate surface area is 180 Å². The molecule has 0 spiro atoms. The van der Waals surface area contributed by atoms with Crippen molar-refractivity contribution in [3.63, 3.8) is 0 Å². The van der Waals surface area contributed by atoms with Gasteiger partial charge in [0.15, 0.2) is 11.5 Å². The number of methoxy groups -OCH3 is 2. The van der Waals surface area contributed by atoms with Crippen LogP contribution in [0.25, 0.3) is 6.08 Å². The van der Waals surface area contributed by atoms with Crippen molar-refractivity contribution >= 4 is 27.4 Å². The van der Waals surface area contributed by atoms with E-state index in [2.05, 4.69) is 4.72 Å². The molecule has 1 N–H and O–H groups in total. The van der Waals surface area contributed by atoms with Crippen LogP contribution in [0.5, 0.6) is 17.2 Å². The van der Waals surface area contributed by atoms with Gasteiger partial charge in [-0.3, -0.25) is 0 Å². The highest BCUT2D eigenvalue weighted by molar-refractivity contribution is 7.92. The molecule has 0 saturated carbocycles. The van der Waals surface area contributed by atoms with Gasteiger partial charge in [0.2, 0.25) is 10.0 Å². The molecule has 0 bridgehead atoms. The lowest BCUT2D eigenvalue weighted by Gasteiger charge is -2.12. The number of thiophene rings is 1. The maximum absolute atomic E-state index is 12.2. The molecule has 0 aliphatic carbocycles. The van der Waals surface area contributed by atoms with E-state index in [4.69, 9.17) is 14.2 Å². The Morgan fingerprint density at radius 1 is 1.00 bits per heavy atom. The summed E-state index contributed by atoms with van der Waals surface area (Å²) in [7, 11) is -0.377. The molecule has 158 valence electrons. The van der Waals surface area contributed by atoms with E-state index in [0.717, 1.165) is 21.6 Å². The molecule has 0 amide bonds. The van der Waals surface area contributed by atoms with Crippen molar-refractivity contribution in [1.82, 2.24) is 4.72 Å². The van der Waals surface area contributed by atoms with Gasteiger partial charge in [-0.1, -0.05) is 24.3 Å². The summed E-state index contributed by atoms with van der Waals surface area (Å²) in [4.78, 5) is 0.951. The SMILES string of the molecule is COc1ccc(COc2ccc(/C=C/S(=O)(=O)NCc3cccs3)cc2OC)cc1. The lowest BCUT2D eigenvalue weighted by molar-refractivity contribution is 0.284. The normalized spacial score (nSPS) is 11.5. The van der Waals surface area contributed by atoms with Crippen LogP contribution >= 0.6 is 11.3 Å². The first-order chi connectivity index (χ1) is 14.5. The predicted molar refractivity (Wildman–Crippen MR) is 119 cm³/mol. The van der Waals surface area contributed by atoms with Crippen molar-refractivity contribution in [1.29, 1.82) is 0 Å². The lowest BCUT2D eigenvalue weighted by Crippen LogP contribution is -2.19. The van der Waals surface area contributed by atoms with Crippen molar-refractivity contribution in [2.45, 2.75) is 13.2 Å². The van der Waals surface area contributed by atoms with E-state index in [1.807, 2.05) is 41.8 Å². The summed E-state index contributed by atoms with van der Waals surface area (Å²) in [5.41, 5.74) is 1.68. The molecule has 3 aromatic rings. The standard InChI is InChI=1S/C22H23NO5S2/c1-26-19-8-5-18(6-9-19)16-28-21-10-7-17(14-22(21)27-2)11-13-30(24,25)23-15-20-4-3-12-29-20/h3-14,23H,15-16H2,1-2H3/b13-11+. The Hall–Kier alpha value is -2.81. The van der Waals surface area contributed by atoms with Crippen LogP contribution in [0.4, 0.5) is 0 Å². The van der Waals surface area contributed by atoms with Crippen LogP contribution < -0.4 is 18.9 Å². The van der Waals surface area contributed by atoms with E-state index in [1.54, 1.807) is 32.4 Å². The van der Waals surface area contributed by atoms with Gasteiger partial charge < -0.3 is 14.2 Å². The van der Waals surface area contributed by atoms with Gasteiger partial charge in [-0.05, 0) is 52.9 Å². The van der Waals surface area contributed by atoms with E-state index in [1.165, 1.54) is 17.4 Å². The van der Waals surface area contributed by atoms with E-state index >= 15 is 0 Å². The Balaban J connectivity index is 1.63. The van der Waals surface area contributed by atoms with E-state index in [9.17, 15) is 8.42 Å². The minimum absolute atomic E-state index is 0.270. The molecule has 0 atom stereocenters. The number of hydrogen-bond donors (Lipinski definition) is 1. The number of sulfonamides is 1. The maximum atomic E-state index is 12.2. The first-order valence-electron chi connectivity index (χ1n) is 9.13. The highest BCUT2D eigenvalue weighted by Crippen LogP contribution is 2.29. The second kappa shape index (κ2) is 10.3. The molecular formula is C22H23NO5S2. The molecule has 1 aromatic heterocycles. The fraction of sp³-hybridized carbons (Fsp3) is 0.182. The summed E-state index contributed by atoms with van der Waals surface area (Å²) in [6.07, 6.45) is 1.52. The summed E-state index contributed by atoms with van der Waals surface area (Å²) in [6.45, 7) is 0.641. The summed E-state index contributed by atoms with van der Waals surface area (Å²) in [5.74, 6) is 1.88. The Morgan fingerprint density at radius 3 is 2.47 bits per heavy atom. The highest BCUT2D eigenvalue weighted by Gasteiger charge is 2.08. The van der Waals surface area contributed by atoms with Crippen LogP contribution in [-0.2, 0) is 23.2 Å². The molecule has 2 aromatic carbocycles. The van der Waals surface area contributed by atoms with Crippen LogP contribution in [0.2, 0.25) is 0 Å². The maximum Gasteiger partial charge on any atom is 0.234 e. The number of rotatable bonds is 10. The van der Waals surface area contributed by atoms with Crippen molar-refractivity contribution in [2.75, 3.05) is 14.2 Å². The Bertz CT molecular complexity index is 1080. The van der Waals surface area contributed by atoms with E-state index < -0.39 is 10.0 Å². The minimum Gasteiger partial charge on any atom is -0.497 e. The molecular weight excluding hydrogens is 422 g/mol. The summed E-state index contributed by atoms with van der Waals surface area (Å²) >= 11 is 1.50. The number of nitrogens with one attached hydrogen (secondary N) is 1. The zero-order chi connectivity index (χ0) is 21.4. The quantitative estimate of drug-likeness (QED) is 0.500. The van der Waals surface area contributed by atoms with Crippen molar-refractivity contribution in [3.05, 3.63) is 81.4 Å². The summed E-state index contributed by atoms with van der Waals surface area (Å²) in [6, 6.07) is 16.6. The van der Waals surface area contributed by atoms with Gasteiger partial charge in [-0.2, -0.15) is 0 Å². The van der Waals surface area contributed by atoms with Gasteiger partial charge in [0, 0.05) is 16.8 Å². The monoisotopic (exact) mass is 445 g/mol. The van der Waals surface area contributed by atoms with Crippen LogP contribution in [0.15, 0.2) is 65.4 Å². The van der Waals surface area contributed by atoms with Crippen molar-refractivity contribution in [3.8, 4) is 17.2 Å². The van der Waals surface area contributed by atoms with Crippen LogP contribution in [0.3, 0.4) is 0 Å². The number of ether oxygens (including phenoxy) is 3. The van der Waals surface area contributed by atoms with Gasteiger partial charge in [-0.15, -0.1) is 11.3 Å². The van der Waals surface area contributed by atoms with Crippen molar-refractivity contribution in [2.24, 2.45) is 0 Å². The van der Waals surface area contributed by atoms with Crippen molar-refractivity contribution < 1.29 is 22.6 Å². The molecule has 1 heterocycles. The van der Waals surface area contributed by atoms with Gasteiger partial charge in [-0.25, -0.2) is 13.1 Å². The molecule has 0 saturated heterocycles. The van der Waals surface area contributed by atoms with Crippen LogP contribution in [0.1, 0.15) is 16.0 Å². The highest BCUT2D eigenvalue weighted by atomic mass is 32.2. The molecule has 8 heteroatoms. The largest absolute Gasteiger partial charge is 0.497 e. The Morgan fingerprint density at radius 2 is 1.80 bits per heavy atom. The molecule has 0 aliphatic heterocycles. The van der Waals surface area contributed by atoms with Crippen LogP contribution in [-0.4, -0.2) is 22.6 Å². The van der Waals surface area contributed by atoms with Gasteiger partial charge in [0.05, 0.1) is 14.2 Å². The number of hydrogen-bond acceptors (Lipinski definition) is 6. The first-order valence-corrected chi connectivity index (χ1v) is 11.6. The second-order valence-corrected chi connectivity index (χ2v) is 8.98. The molecule has 30 heavy (non-hydrogen) atoms. The predicted octanol–water partition coefficient (Wildman–Crippen LogP) is 4.43. The Kier molecular flexibility index (Phi) is 7.51. The lowest BCUT2D eigenvalue weighted by atomic mass is 10.2. The van der Waals surface area contributed by atoms with E-state index in [-0.39, 0.29) is 6.54 Å². The fourth-order valence-electron chi connectivity index (χ4n) is 2.59. The molecule has 0 unspecified atom stereocenters. The molecule has 3 rings (SSSR count). The first kappa shape index (κ1) is 21.9. The van der Waals surface area contributed by atoms with E-state index in [0.29, 0.717) is 23.7 Å². The molecule has 0 fully saturated rings. The average Bonchev–Trinajstić information content (AvgIpc) is 3.29. The molecule has 0 radical (unpaired) electrons. The topological polar surface area (TPSA) is 73.9 Å². The summed E-state index contributed by atoms with van der Waals surface area (Å²) in [5, 5.41) is 3.05. The third kappa shape index (κ3) is 6.35. The van der Waals surface area contributed by atoms with Gasteiger partial charge >= 0.3 is 0 Å². The third-order valence-electron chi connectivity index (χ3n) is 4.21. The minimum atomic E-state index is -3.54. The number of benzene rings is 2. The van der Waals surface area contributed by atoms with Gasteiger partial charge in [0.25, 0.3) is 0 Å². The van der Waals surface area contributed by atoms with Gasteiger partial charge in [0.1, 0.15) is 12.4 Å². The zero-order valence-electron chi connectivity index (χ0n) is 16.7. The smallest absolute Gasteiger partial charge is 0.234 e. The average molecular weight is 446 g/mol. The fourth-order valence-corrected chi connectivity index (χ4v) is 4.12. The molecule has 6 nitrogen and oxygen atoms in total. The summed E-state index contributed by atoms with van der Waals surface area (Å²) < 4.78 is 43.3. The molecule has 0 aliphatic rings. The second-order valence-electron chi connectivity index (χ2n) is 6.30.